The number of hydrogen-bond donors (Lipinski definition) is 6. The second-order valence-corrected chi connectivity index (χ2v) is 8.14. The lowest BCUT2D eigenvalue weighted by Crippen LogP contribution is -2.33. The lowest BCUT2D eigenvalue weighted by Gasteiger charge is -2.16. The van der Waals surface area contributed by atoms with Crippen molar-refractivity contribution in [2.45, 2.75) is 31.1 Å². The van der Waals surface area contributed by atoms with Gasteiger partial charge < -0.3 is 35.2 Å². The van der Waals surface area contributed by atoms with Gasteiger partial charge in [-0.05, 0) is 17.7 Å². The van der Waals surface area contributed by atoms with Gasteiger partial charge in [-0.25, -0.2) is 19.5 Å². The van der Waals surface area contributed by atoms with Gasteiger partial charge in [0.2, 0.25) is 0 Å². The number of aromatic hydroxyl groups is 1. The van der Waals surface area contributed by atoms with Crippen molar-refractivity contribution in [2.24, 2.45) is 0 Å². The highest BCUT2D eigenvalue weighted by atomic mass is 31.2. The van der Waals surface area contributed by atoms with Crippen molar-refractivity contribution < 1.29 is 38.9 Å². The molecule has 4 atom stereocenters. The summed E-state index contributed by atoms with van der Waals surface area (Å²) >= 11 is 0. The zero-order valence-electron chi connectivity index (χ0n) is 15.9. The van der Waals surface area contributed by atoms with E-state index in [0.717, 1.165) is 5.56 Å². The Morgan fingerprint density at radius 2 is 1.87 bits per heavy atom. The number of imidazole rings is 1. The minimum Gasteiger partial charge on any atom is -0.508 e. The van der Waals surface area contributed by atoms with Gasteiger partial charge in [0.15, 0.2) is 23.2 Å². The van der Waals surface area contributed by atoms with E-state index in [4.69, 9.17) is 14.5 Å². The molecule has 31 heavy (non-hydrogen) atoms. The number of aliphatic hydroxyl groups excluding tert-OH is 2. The van der Waals surface area contributed by atoms with E-state index in [0.29, 0.717) is 23.5 Å². The Morgan fingerprint density at radius 1 is 1.13 bits per heavy atom. The molecule has 0 amide bonds. The quantitative estimate of drug-likeness (QED) is 0.260. The normalized spacial score (nSPS) is 24.0. The van der Waals surface area contributed by atoms with E-state index in [2.05, 4.69) is 24.8 Å². The maximum absolute atomic E-state index is 10.9. The molecule has 1 aliphatic heterocycles. The largest absolute Gasteiger partial charge is 0.508 e. The number of rotatable bonds is 7. The standard InChI is InChI=1S/C17H20N5O8P/c23-10-3-1-9(2-4-10)5-18-15-12-16(20-7-19-15)22(8-21-12)17-14(25)13(24)11(30-17)6-29-31(26,27)28/h1-4,7-8,11,13-14,17,23-25H,5-6H2,(H,18,19,20)(H2,26,27,28)/t11-,13-,14-,17-/m1/s1. The molecule has 166 valence electrons. The fourth-order valence-electron chi connectivity index (χ4n) is 3.23. The third kappa shape index (κ3) is 4.67. The van der Waals surface area contributed by atoms with Crippen LogP contribution in [-0.4, -0.2) is 69.5 Å². The number of phenols is 1. The van der Waals surface area contributed by atoms with Crippen LogP contribution in [0.4, 0.5) is 5.82 Å². The Kier molecular flexibility index (Phi) is 5.90. The molecule has 2 aromatic heterocycles. The van der Waals surface area contributed by atoms with Crippen LogP contribution in [0.2, 0.25) is 0 Å². The molecule has 0 unspecified atom stereocenters. The van der Waals surface area contributed by atoms with Crippen molar-refractivity contribution in [1.29, 1.82) is 0 Å². The van der Waals surface area contributed by atoms with E-state index in [1.807, 2.05) is 0 Å². The predicted molar refractivity (Wildman–Crippen MR) is 105 cm³/mol. The molecule has 1 fully saturated rings. The van der Waals surface area contributed by atoms with Crippen molar-refractivity contribution in [3.05, 3.63) is 42.5 Å². The summed E-state index contributed by atoms with van der Waals surface area (Å²) in [6.45, 7) is -0.206. The van der Waals surface area contributed by atoms with Crippen LogP contribution in [0.3, 0.4) is 0 Å². The summed E-state index contributed by atoms with van der Waals surface area (Å²) < 4.78 is 22.2. The molecule has 0 bridgehead atoms. The molecule has 0 radical (unpaired) electrons. The number of phosphoric acid groups is 1. The summed E-state index contributed by atoms with van der Waals surface area (Å²) in [5.41, 5.74) is 1.60. The predicted octanol–water partition coefficient (Wildman–Crippen LogP) is -0.128. The van der Waals surface area contributed by atoms with Crippen LogP contribution in [0.25, 0.3) is 11.2 Å². The average molecular weight is 453 g/mol. The van der Waals surface area contributed by atoms with Gasteiger partial charge in [-0.2, -0.15) is 0 Å². The van der Waals surface area contributed by atoms with Crippen LogP contribution >= 0.6 is 7.82 Å². The van der Waals surface area contributed by atoms with Crippen LogP contribution < -0.4 is 5.32 Å². The highest BCUT2D eigenvalue weighted by molar-refractivity contribution is 7.46. The van der Waals surface area contributed by atoms with E-state index in [9.17, 15) is 19.9 Å². The monoisotopic (exact) mass is 453 g/mol. The molecule has 1 saturated heterocycles. The Hall–Kier alpha value is -2.64. The fraction of sp³-hybridized carbons (Fsp3) is 0.353. The molecule has 14 heteroatoms. The molecular formula is C17H20N5O8P. The smallest absolute Gasteiger partial charge is 0.469 e. The summed E-state index contributed by atoms with van der Waals surface area (Å²) in [5.74, 6) is 0.583. The van der Waals surface area contributed by atoms with Crippen LogP contribution in [0, 0.1) is 0 Å². The van der Waals surface area contributed by atoms with Gasteiger partial charge in [-0.3, -0.25) is 9.09 Å². The van der Waals surface area contributed by atoms with Gasteiger partial charge in [0, 0.05) is 6.54 Å². The number of phosphoric ester groups is 1. The van der Waals surface area contributed by atoms with Crippen LogP contribution in [0.1, 0.15) is 11.8 Å². The van der Waals surface area contributed by atoms with E-state index in [-0.39, 0.29) is 5.75 Å². The molecule has 3 aromatic rings. The number of aliphatic hydroxyl groups is 2. The van der Waals surface area contributed by atoms with Gasteiger partial charge in [0.1, 0.15) is 30.4 Å². The van der Waals surface area contributed by atoms with E-state index >= 15 is 0 Å². The molecule has 1 aromatic carbocycles. The molecule has 0 saturated carbocycles. The maximum atomic E-state index is 10.9. The number of aromatic nitrogens is 4. The fourth-order valence-corrected chi connectivity index (χ4v) is 3.58. The Labute approximate surface area is 175 Å². The summed E-state index contributed by atoms with van der Waals surface area (Å²) in [7, 11) is -4.76. The van der Waals surface area contributed by atoms with Gasteiger partial charge in [-0.15, -0.1) is 0 Å². The SMILES string of the molecule is O=P(O)(O)OC[C@H]1O[C@@H](n2cnc3c(NCc4ccc(O)cc4)ncnc32)[C@H](O)[C@@H]1O. The average Bonchev–Trinajstić information content (AvgIpc) is 3.27. The van der Waals surface area contributed by atoms with Gasteiger partial charge in [-0.1, -0.05) is 12.1 Å². The first kappa shape index (κ1) is 21.6. The number of anilines is 1. The summed E-state index contributed by atoms with van der Waals surface area (Å²) in [4.78, 5) is 30.3. The van der Waals surface area contributed by atoms with Crippen molar-refractivity contribution in [1.82, 2.24) is 19.5 Å². The van der Waals surface area contributed by atoms with Gasteiger partial charge in [0.25, 0.3) is 0 Å². The van der Waals surface area contributed by atoms with E-state index < -0.39 is 39.0 Å². The molecular weight excluding hydrogens is 433 g/mol. The number of benzene rings is 1. The first-order chi connectivity index (χ1) is 14.7. The Balaban J connectivity index is 1.53. The number of phenolic OH excluding ortho intramolecular Hbond substituents is 1. The second-order valence-electron chi connectivity index (χ2n) is 6.90. The number of hydrogen-bond acceptors (Lipinski definition) is 10. The van der Waals surface area contributed by atoms with Crippen molar-refractivity contribution in [2.75, 3.05) is 11.9 Å². The molecule has 13 nitrogen and oxygen atoms in total. The van der Waals surface area contributed by atoms with Crippen molar-refractivity contribution >= 4 is 24.8 Å². The third-order valence-corrected chi connectivity index (χ3v) is 5.26. The zero-order chi connectivity index (χ0) is 22.2. The second kappa shape index (κ2) is 8.48. The van der Waals surface area contributed by atoms with Crippen molar-refractivity contribution in [3.8, 4) is 5.75 Å². The molecule has 0 spiro atoms. The minimum atomic E-state index is -4.76. The number of ether oxygens (including phenoxy) is 1. The first-order valence-corrected chi connectivity index (χ1v) is 10.7. The van der Waals surface area contributed by atoms with Crippen LogP contribution in [0.5, 0.6) is 5.75 Å². The van der Waals surface area contributed by atoms with Gasteiger partial charge in [0.05, 0.1) is 12.9 Å². The Bertz CT molecular complexity index is 1100. The third-order valence-electron chi connectivity index (χ3n) is 4.77. The van der Waals surface area contributed by atoms with Crippen molar-refractivity contribution in [3.63, 3.8) is 0 Å². The zero-order valence-corrected chi connectivity index (χ0v) is 16.8. The molecule has 6 N–H and O–H groups in total. The first-order valence-electron chi connectivity index (χ1n) is 9.14. The summed E-state index contributed by atoms with van der Waals surface area (Å²) in [5, 5.41) is 33.1. The summed E-state index contributed by atoms with van der Waals surface area (Å²) in [6, 6.07) is 6.64. The highest BCUT2D eigenvalue weighted by Crippen LogP contribution is 2.39. The topological polar surface area (TPSA) is 192 Å². The van der Waals surface area contributed by atoms with E-state index in [1.54, 1.807) is 24.3 Å². The van der Waals surface area contributed by atoms with E-state index in [1.165, 1.54) is 17.2 Å². The molecule has 1 aliphatic rings. The Morgan fingerprint density at radius 3 is 2.58 bits per heavy atom. The molecule has 3 heterocycles. The summed E-state index contributed by atoms with van der Waals surface area (Å²) in [6.07, 6.45) is -2.47. The lowest BCUT2D eigenvalue weighted by atomic mass is 10.1. The molecule has 0 aliphatic carbocycles. The number of nitrogens with one attached hydrogen (secondary N) is 1. The minimum absolute atomic E-state index is 0.161. The van der Waals surface area contributed by atoms with Crippen LogP contribution in [0.15, 0.2) is 36.9 Å². The van der Waals surface area contributed by atoms with Crippen LogP contribution in [-0.2, 0) is 20.4 Å². The maximum Gasteiger partial charge on any atom is 0.469 e. The molecule has 4 rings (SSSR count). The number of nitrogens with zero attached hydrogens (tertiary/aromatic N) is 4. The highest BCUT2D eigenvalue weighted by Gasteiger charge is 2.45. The lowest BCUT2D eigenvalue weighted by molar-refractivity contribution is -0.0504. The number of fused-ring (bicyclic) bond motifs is 1. The van der Waals surface area contributed by atoms with Gasteiger partial charge >= 0.3 is 7.82 Å².